The van der Waals surface area contributed by atoms with Crippen LogP contribution in [0.3, 0.4) is 0 Å². The highest BCUT2D eigenvalue weighted by molar-refractivity contribution is 7.90. The van der Waals surface area contributed by atoms with Gasteiger partial charge in [-0.2, -0.15) is 0 Å². The molecule has 202 valence electrons. The van der Waals surface area contributed by atoms with E-state index in [1.165, 1.54) is 43.9 Å². The first-order valence-corrected chi connectivity index (χ1v) is 15.2. The predicted molar refractivity (Wildman–Crippen MR) is 150 cm³/mol. The van der Waals surface area contributed by atoms with Crippen LogP contribution in [0, 0.1) is 24.7 Å². The maximum absolute atomic E-state index is 10.2. The summed E-state index contributed by atoms with van der Waals surface area (Å²) in [7, 11) is -2.67. The van der Waals surface area contributed by atoms with Gasteiger partial charge in [0, 0.05) is 18.4 Å². The molecule has 4 nitrogen and oxygen atoms in total. The highest BCUT2D eigenvalue weighted by atomic mass is 32.2. The summed E-state index contributed by atoms with van der Waals surface area (Å²) in [4.78, 5) is 10.2. The minimum absolute atomic E-state index is 0.123. The smallest absolute Gasteiger partial charge is 0.305 e. The van der Waals surface area contributed by atoms with Crippen molar-refractivity contribution in [3.63, 3.8) is 0 Å². The van der Waals surface area contributed by atoms with Gasteiger partial charge in [-0.05, 0) is 38.0 Å². The van der Waals surface area contributed by atoms with Crippen LogP contribution >= 0.6 is 0 Å². The van der Waals surface area contributed by atoms with Gasteiger partial charge < -0.3 is 4.74 Å². The molecule has 0 saturated heterocycles. The molecule has 0 aliphatic heterocycles. The molecule has 0 spiro atoms. The van der Waals surface area contributed by atoms with Crippen LogP contribution in [0.1, 0.15) is 106 Å². The maximum Gasteiger partial charge on any atom is 0.305 e. The van der Waals surface area contributed by atoms with Crippen molar-refractivity contribution in [1.29, 1.82) is 0 Å². The minimum Gasteiger partial charge on any atom is -0.466 e. The fourth-order valence-corrected chi connectivity index (χ4v) is 2.69. The molecule has 3 rings (SSSR count). The Morgan fingerprint density at radius 3 is 1.44 bits per heavy atom. The quantitative estimate of drug-likeness (QED) is 0.390. The van der Waals surface area contributed by atoms with Crippen molar-refractivity contribution < 1.29 is 17.9 Å². The average molecular weight is 501 g/mol. The van der Waals surface area contributed by atoms with E-state index < -0.39 is 9.84 Å². The van der Waals surface area contributed by atoms with Crippen LogP contribution in [-0.4, -0.2) is 33.0 Å². The molecule has 0 aromatic heterocycles. The lowest BCUT2D eigenvalue weighted by atomic mass is 9.88. The summed E-state index contributed by atoms with van der Waals surface area (Å²) in [6, 6.07) is 10.3. The summed E-state index contributed by atoms with van der Waals surface area (Å²) in [6.45, 7) is 19.1. The van der Waals surface area contributed by atoms with E-state index in [4.69, 9.17) is 0 Å². The zero-order valence-corrected chi connectivity index (χ0v) is 24.8. The Morgan fingerprint density at radius 1 is 0.941 bits per heavy atom. The Labute approximate surface area is 213 Å². The lowest BCUT2D eigenvalue weighted by molar-refractivity contribution is -0.142. The van der Waals surface area contributed by atoms with Gasteiger partial charge in [0.15, 0.2) is 0 Å². The third-order valence-corrected chi connectivity index (χ3v) is 5.52. The van der Waals surface area contributed by atoms with Gasteiger partial charge in [-0.25, -0.2) is 8.42 Å². The van der Waals surface area contributed by atoms with Crippen molar-refractivity contribution in [3.8, 4) is 0 Å². The Balaban J connectivity index is -0.000000344. The molecule has 5 heteroatoms. The fraction of sp³-hybridized carbons (Fsp3) is 0.759. The molecule has 0 bridgehead atoms. The molecule has 0 N–H and O–H groups in total. The molecule has 1 aromatic rings. The van der Waals surface area contributed by atoms with Crippen LogP contribution in [-0.2, 0) is 19.4 Å². The van der Waals surface area contributed by atoms with Crippen LogP contribution in [0.4, 0.5) is 0 Å². The molecule has 2 fully saturated rings. The number of aryl methyl sites for hydroxylation is 1. The number of benzene rings is 1. The van der Waals surface area contributed by atoms with Crippen LogP contribution in [0.5, 0.6) is 0 Å². The number of rotatable bonds is 4. The maximum atomic E-state index is 10.2. The minimum atomic E-state index is -2.67. The number of sulfone groups is 1. The van der Waals surface area contributed by atoms with Gasteiger partial charge in [0.2, 0.25) is 0 Å². The summed E-state index contributed by atoms with van der Waals surface area (Å²) in [5.41, 5.74) is 1.32. The van der Waals surface area contributed by atoms with Crippen molar-refractivity contribution in [1.82, 2.24) is 0 Å². The standard InChI is InChI=1S/C7H8.C5H10O2.C5H10.C4H10O2S.C4H8.C4H10/c1-7-5-3-2-4-6-7;1-3-5(6)7-4-2;1-5-3-2-4-5;1-3-4-7(2,5)6;1-4-2-3-4;1-4(2)3/h2-6H,1H3;3-4H2,1-2H3;5H,2-4H2,1H3;3-4H2,1-2H3;4H,2-3H2,1H3;4H,1-3H3. The second-order valence-corrected chi connectivity index (χ2v) is 12.2. The monoisotopic (exact) mass is 500 g/mol. The van der Waals surface area contributed by atoms with Gasteiger partial charge in [0.25, 0.3) is 0 Å². The third-order valence-electron chi connectivity index (χ3n) is 4.37. The first-order chi connectivity index (χ1) is 15.8. The molecule has 0 atom stereocenters. The lowest BCUT2D eigenvalue weighted by Gasteiger charge is -2.18. The van der Waals surface area contributed by atoms with E-state index in [1.54, 1.807) is 13.8 Å². The van der Waals surface area contributed by atoms with Crippen molar-refractivity contribution in [3.05, 3.63) is 35.9 Å². The van der Waals surface area contributed by atoms with E-state index in [-0.39, 0.29) is 5.97 Å². The highest BCUT2D eigenvalue weighted by Crippen LogP contribution is 2.26. The molecular formula is C29H56O4S. The Bertz CT molecular complexity index is 643. The number of hydrogen-bond donors (Lipinski definition) is 0. The molecule has 0 heterocycles. The van der Waals surface area contributed by atoms with Crippen molar-refractivity contribution in [2.24, 2.45) is 17.8 Å². The van der Waals surface area contributed by atoms with E-state index in [2.05, 4.69) is 58.4 Å². The zero-order chi connectivity index (χ0) is 27.0. The lowest BCUT2D eigenvalue weighted by Crippen LogP contribution is -2.04. The number of hydrogen-bond acceptors (Lipinski definition) is 4. The number of esters is 1. The van der Waals surface area contributed by atoms with Gasteiger partial charge in [0.05, 0.1) is 6.61 Å². The molecule has 2 aliphatic carbocycles. The van der Waals surface area contributed by atoms with Gasteiger partial charge in [-0.3, -0.25) is 4.79 Å². The van der Waals surface area contributed by atoms with Gasteiger partial charge >= 0.3 is 5.97 Å². The molecule has 0 radical (unpaired) electrons. The molecule has 34 heavy (non-hydrogen) atoms. The second-order valence-electron chi connectivity index (χ2n) is 9.89. The molecular weight excluding hydrogens is 444 g/mol. The topological polar surface area (TPSA) is 60.4 Å². The molecule has 1 aromatic carbocycles. The third kappa shape index (κ3) is 44.3. The van der Waals surface area contributed by atoms with E-state index in [0.29, 0.717) is 18.8 Å². The van der Waals surface area contributed by atoms with E-state index in [1.807, 2.05) is 25.1 Å². The SMILES string of the molecule is CC(C)C.CC1CC1.CC1CCC1.CCCS(C)(=O)=O.CCOC(=O)CC.Cc1ccccc1. The van der Waals surface area contributed by atoms with Crippen molar-refractivity contribution in [2.75, 3.05) is 18.6 Å². The molecule has 0 unspecified atom stereocenters. The number of carbonyl (C=O) groups is 1. The average Bonchev–Trinajstić information content (AvgIpc) is 3.50. The first kappa shape index (κ1) is 37.2. The Morgan fingerprint density at radius 2 is 1.35 bits per heavy atom. The van der Waals surface area contributed by atoms with E-state index >= 15 is 0 Å². The first-order valence-electron chi connectivity index (χ1n) is 13.1. The summed E-state index contributed by atoms with van der Waals surface area (Å²) < 4.78 is 25.0. The normalized spacial score (nSPS) is 13.9. The van der Waals surface area contributed by atoms with Crippen LogP contribution in [0.2, 0.25) is 0 Å². The number of carbonyl (C=O) groups excluding carboxylic acids is 1. The molecule has 2 saturated carbocycles. The Kier molecular flexibility index (Phi) is 27.1. The van der Waals surface area contributed by atoms with Crippen LogP contribution in [0.25, 0.3) is 0 Å². The summed E-state index contributed by atoms with van der Waals surface area (Å²) in [5.74, 6) is 3.17. The second kappa shape index (κ2) is 24.8. The summed E-state index contributed by atoms with van der Waals surface area (Å²) in [6.07, 6.45) is 9.88. The molecule has 0 amide bonds. The summed E-state index contributed by atoms with van der Waals surface area (Å²) >= 11 is 0. The number of ether oxygens (including phenoxy) is 1. The van der Waals surface area contributed by atoms with E-state index in [9.17, 15) is 13.2 Å². The van der Waals surface area contributed by atoms with Crippen LogP contribution in [0.15, 0.2) is 30.3 Å². The van der Waals surface area contributed by atoms with Gasteiger partial charge in [0.1, 0.15) is 9.84 Å². The largest absolute Gasteiger partial charge is 0.466 e. The van der Waals surface area contributed by atoms with Crippen LogP contribution < -0.4 is 0 Å². The fourth-order valence-electron chi connectivity index (χ4n) is 1.95. The van der Waals surface area contributed by atoms with Crippen molar-refractivity contribution in [2.45, 2.75) is 107 Å². The summed E-state index contributed by atoms with van der Waals surface area (Å²) in [5, 5.41) is 0. The van der Waals surface area contributed by atoms with Gasteiger partial charge in [-0.1, -0.05) is 116 Å². The van der Waals surface area contributed by atoms with Crippen molar-refractivity contribution >= 4 is 15.8 Å². The highest BCUT2D eigenvalue weighted by Gasteiger charge is 2.12. The molecule has 2 aliphatic rings. The Hall–Kier alpha value is -1.36. The van der Waals surface area contributed by atoms with Gasteiger partial charge in [-0.15, -0.1) is 0 Å². The zero-order valence-electron chi connectivity index (χ0n) is 24.0. The predicted octanol–water partition coefficient (Wildman–Crippen LogP) is 8.28. The van der Waals surface area contributed by atoms with E-state index in [0.717, 1.165) is 24.2 Å².